The summed E-state index contributed by atoms with van der Waals surface area (Å²) in [7, 11) is 0. The zero-order valence-corrected chi connectivity index (χ0v) is 19.0. The molecule has 0 aliphatic rings. The van der Waals surface area contributed by atoms with E-state index >= 15 is 0 Å². The fourth-order valence-corrected chi connectivity index (χ4v) is 5.12. The van der Waals surface area contributed by atoms with Crippen molar-refractivity contribution in [3.05, 3.63) is 28.8 Å². The lowest BCUT2D eigenvalue weighted by Gasteiger charge is -2.12. The largest absolute Gasteiger partial charge is 0.507 e. The third-order valence-corrected chi connectivity index (χ3v) is 6.90. The number of rotatable bonds is 16. The summed E-state index contributed by atoms with van der Waals surface area (Å²) in [5.41, 5.74) is 3.53. The van der Waals surface area contributed by atoms with Gasteiger partial charge in [-0.15, -0.1) is 0 Å². The summed E-state index contributed by atoms with van der Waals surface area (Å²) in [5, 5.41) is 10.6. The first kappa shape index (κ1) is 23.8. The Morgan fingerprint density at radius 2 is 1.12 bits per heavy atom. The van der Waals surface area contributed by atoms with E-state index in [-0.39, 0.29) is 0 Å². The fourth-order valence-electron chi connectivity index (χ4n) is 3.13. The maximum atomic E-state index is 10.6. The number of aromatic hydroxyl groups is 1. The molecule has 0 spiro atoms. The molecule has 0 saturated carbocycles. The van der Waals surface area contributed by atoms with Crippen molar-refractivity contribution in [1.29, 1.82) is 0 Å². The summed E-state index contributed by atoms with van der Waals surface area (Å²) in [6, 6.07) is 4.33. The van der Waals surface area contributed by atoms with Crippen LogP contribution in [0.5, 0.6) is 5.75 Å². The first-order chi connectivity index (χ1) is 12.7. The normalized spacial score (nSPS) is 11.2. The van der Waals surface area contributed by atoms with Gasteiger partial charge in [-0.2, -0.15) is 23.5 Å². The first-order valence-corrected chi connectivity index (χ1v) is 13.0. The molecular weight excluding hydrogens is 356 g/mol. The highest BCUT2D eigenvalue weighted by atomic mass is 32.2. The molecule has 0 heterocycles. The van der Waals surface area contributed by atoms with Crippen molar-refractivity contribution < 1.29 is 5.11 Å². The number of benzene rings is 1. The minimum absolute atomic E-state index is 0.549. The van der Waals surface area contributed by atoms with Crippen molar-refractivity contribution in [2.45, 2.75) is 96.5 Å². The SMILES string of the molecule is CCCCCCCSCc1cc(C)cc(CSCCCCCCC)c1O. The maximum Gasteiger partial charge on any atom is 0.123 e. The molecule has 0 aliphatic heterocycles. The summed E-state index contributed by atoms with van der Waals surface area (Å²) in [5.74, 6) is 4.84. The van der Waals surface area contributed by atoms with Crippen LogP contribution in [0.1, 0.15) is 94.7 Å². The van der Waals surface area contributed by atoms with Gasteiger partial charge in [0.05, 0.1) is 0 Å². The van der Waals surface area contributed by atoms with Crippen molar-refractivity contribution in [3.63, 3.8) is 0 Å². The van der Waals surface area contributed by atoms with Crippen LogP contribution in [0, 0.1) is 6.92 Å². The van der Waals surface area contributed by atoms with Gasteiger partial charge in [0.2, 0.25) is 0 Å². The average molecular weight is 397 g/mol. The van der Waals surface area contributed by atoms with E-state index in [1.807, 2.05) is 23.5 Å². The van der Waals surface area contributed by atoms with Crippen LogP contribution in [0.4, 0.5) is 0 Å². The Morgan fingerprint density at radius 1 is 0.692 bits per heavy atom. The Bertz CT molecular complexity index is 434. The van der Waals surface area contributed by atoms with Crippen molar-refractivity contribution >= 4 is 23.5 Å². The topological polar surface area (TPSA) is 20.2 Å². The van der Waals surface area contributed by atoms with E-state index in [2.05, 4.69) is 32.9 Å². The van der Waals surface area contributed by atoms with E-state index in [4.69, 9.17) is 0 Å². The smallest absolute Gasteiger partial charge is 0.123 e. The quantitative estimate of drug-likeness (QED) is 0.285. The molecular formula is C23H40OS2. The maximum absolute atomic E-state index is 10.6. The summed E-state index contributed by atoms with van der Waals surface area (Å²) in [6.07, 6.45) is 13.4. The van der Waals surface area contributed by atoms with Gasteiger partial charge in [-0.05, 0) is 31.3 Å². The standard InChI is InChI=1S/C23H40OS2/c1-4-6-8-10-12-14-25-18-21-16-20(3)17-22(23(21)24)19-26-15-13-11-9-7-5-2/h16-17,24H,4-15,18-19H2,1-3H3. The molecule has 0 unspecified atom stereocenters. The Balaban J connectivity index is 2.32. The number of unbranched alkanes of at least 4 members (excludes halogenated alkanes) is 8. The molecule has 1 aromatic carbocycles. The van der Waals surface area contributed by atoms with Crippen molar-refractivity contribution in [2.24, 2.45) is 0 Å². The van der Waals surface area contributed by atoms with Gasteiger partial charge in [0.15, 0.2) is 0 Å². The van der Waals surface area contributed by atoms with Crippen LogP contribution in [0.25, 0.3) is 0 Å². The van der Waals surface area contributed by atoms with E-state index in [1.165, 1.54) is 81.3 Å². The lowest BCUT2D eigenvalue weighted by Crippen LogP contribution is -1.93. The molecule has 0 bridgehead atoms. The molecule has 0 aromatic heterocycles. The van der Waals surface area contributed by atoms with Gasteiger partial charge >= 0.3 is 0 Å². The Kier molecular flexibility index (Phi) is 14.4. The first-order valence-electron chi connectivity index (χ1n) is 10.7. The van der Waals surface area contributed by atoms with Crippen LogP contribution in [0.2, 0.25) is 0 Å². The van der Waals surface area contributed by atoms with E-state index in [0.29, 0.717) is 5.75 Å². The van der Waals surface area contributed by atoms with Crippen molar-refractivity contribution in [1.82, 2.24) is 0 Å². The van der Waals surface area contributed by atoms with E-state index in [1.54, 1.807) is 0 Å². The highest BCUT2D eigenvalue weighted by Gasteiger charge is 2.09. The van der Waals surface area contributed by atoms with Gasteiger partial charge in [-0.1, -0.05) is 82.9 Å². The van der Waals surface area contributed by atoms with Crippen LogP contribution in [0.15, 0.2) is 12.1 Å². The second kappa shape index (κ2) is 15.7. The number of hydrogen-bond acceptors (Lipinski definition) is 3. The average Bonchev–Trinajstić information content (AvgIpc) is 2.63. The number of aryl methyl sites for hydroxylation is 1. The van der Waals surface area contributed by atoms with Crippen molar-refractivity contribution in [2.75, 3.05) is 11.5 Å². The van der Waals surface area contributed by atoms with Crippen LogP contribution >= 0.6 is 23.5 Å². The molecule has 1 aromatic rings. The minimum Gasteiger partial charge on any atom is -0.507 e. The van der Waals surface area contributed by atoms with Gasteiger partial charge in [-0.3, -0.25) is 0 Å². The molecule has 150 valence electrons. The van der Waals surface area contributed by atoms with Gasteiger partial charge in [-0.25, -0.2) is 0 Å². The number of thioether (sulfide) groups is 2. The van der Waals surface area contributed by atoms with Crippen LogP contribution in [0.3, 0.4) is 0 Å². The van der Waals surface area contributed by atoms with Gasteiger partial charge in [0.25, 0.3) is 0 Å². The van der Waals surface area contributed by atoms with Crippen LogP contribution in [-0.2, 0) is 11.5 Å². The van der Waals surface area contributed by atoms with Gasteiger partial charge in [0, 0.05) is 22.6 Å². The summed E-state index contributed by atoms with van der Waals surface area (Å²) in [4.78, 5) is 0. The zero-order chi connectivity index (χ0) is 19.0. The molecule has 3 heteroatoms. The van der Waals surface area contributed by atoms with E-state index in [9.17, 15) is 5.11 Å². The lowest BCUT2D eigenvalue weighted by atomic mass is 10.1. The van der Waals surface area contributed by atoms with Gasteiger partial charge in [0.1, 0.15) is 5.75 Å². The molecule has 0 fully saturated rings. The highest BCUT2D eigenvalue weighted by molar-refractivity contribution is 7.98. The molecule has 0 amide bonds. The lowest BCUT2D eigenvalue weighted by molar-refractivity contribution is 0.465. The Labute approximate surface area is 171 Å². The second-order valence-electron chi connectivity index (χ2n) is 7.37. The molecule has 1 rings (SSSR count). The molecule has 1 nitrogen and oxygen atoms in total. The van der Waals surface area contributed by atoms with Gasteiger partial charge < -0.3 is 5.11 Å². The molecule has 0 aliphatic carbocycles. The molecule has 1 N–H and O–H groups in total. The molecule has 0 radical (unpaired) electrons. The summed E-state index contributed by atoms with van der Waals surface area (Å²) in [6.45, 7) is 6.67. The Hall–Kier alpha value is -0.280. The molecule has 0 saturated heterocycles. The van der Waals surface area contributed by atoms with Crippen molar-refractivity contribution in [3.8, 4) is 5.75 Å². The zero-order valence-electron chi connectivity index (χ0n) is 17.3. The summed E-state index contributed by atoms with van der Waals surface area (Å²) < 4.78 is 0. The Morgan fingerprint density at radius 3 is 1.54 bits per heavy atom. The van der Waals surface area contributed by atoms with Crippen LogP contribution in [-0.4, -0.2) is 16.6 Å². The minimum atomic E-state index is 0.549. The highest BCUT2D eigenvalue weighted by Crippen LogP contribution is 2.31. The number of phenols is 1. The predicted octanol–water partition coefficient (Wildman–Crippen LogP) is 8.11. The predicted molar refractivity (Wildman–Crippen MR) is 123 cm³/mol. The number of phenolic OH excluding ortho intramolecular Hbond substituents is 1. The van der Waals surface area contributed by atoms with E-state index in [0.717, 1.165) is 22.6 Å². The molecule has 0 atom stereocenters. The molecule has 26 heavy (non-hydrogen) atoms. The fraction of sp³-hybridized carbons (Fsp3) is 0.739. The third-order valence-electron chi connectivity index (χ3n) is 4.71. The monoisotopic (exact) mass is 396 g/mol. The summed E-state index contributed by atoms with van der Waals surface area (Å²) >= 11 is 3.94. The van der Waals surface area contributed by atoms with E-state index < -0.39 is 0 Å². The van der Waals surface area contributed by atoms with Crippen LogP contribution < -0.4 is 0 Å². The second-order valence-corrected chi connectivity index (χ2v) is 9.58. The third kappa shape index (κ3) is 10.8. The number of hydrogen-bond donors (Lipinski definition) is 1.